The summed E-state index contributed by atoms with van der Waals surface area (Å²) in [6, 6.07) is 8.20. The summed E-state index contributed by atoms with van der Waals surface area (Å²) in [4.78, 5) is 15.3. The van der Waals surface area contributed by atoms with Crippen molar-refractivity contribution in [1.82, 2.24) is 9.88 Å². The first-order valence-electron chi connectivity index (χ1n) is 5.02. The van der Waals surface area contributed by atoms with Gasteiger partial charge in [-0.2, -0.15) is 0 Å². The topological polar surface area (TPSA) is 36.1 Å². The molecule has 78 valence electrons. The molecule has 2 aromatic rings. The van der Waals surface area contributed by atoms with Gasteiger partial charge in [-0.3, -0.25) is 4.79 Å². The highest BCUT2D eigenvalue weighted by Crippen LogP contribution is 2.17. The number of para-hydroxylation sites is 1. The lowest BCUT2D eigenvalue weighted by atomic mass is 10.1. The van der Waals surface area contributed by atoms with Crippen molar-refractivity contribution in [2.24, 2.45) is 0 Å². The molecule has 0 spiro atoms. The minimum absolute atomic E-state index is 0.755. The number of hydrogen-bond acceptors (Lipinski definition) is 1. The number of nitrogens with one attached hydrogen (secondary N) is 1. The van der Waals surface area contributed by atoms with Crippen LogP contribution in [0.15, 0.2) is 30.5 Å². The number of aromatic nitrogens is 1. The van der Waals surface area contributed by atoms with Gasteiger partial charge in [-0.25, -0.2) is 0 Å². The summed E-state index contributed by atoms with van der Waals surface area (Å²) in [5.74, 6) is 0. The van der Waals surface area contributed by atoms with Crippen molar-refractivity contribution in [3.05, 3.63) is 36.0 Å². The van der Waals surface area contributed by atoms with Crippen molar-refractivity contribution < 1.29 is 4.79 Å². The average Bonchev–Trinajstić information content (AvgIpc) is 2.69. The van der Waals surface area contributed by atoms with Crippen LogP contribution in [0.1, 0.15) is 5.56 Å². The second-order valence-electron chi connectivity index (χ2n) is 3.70. The van der Waals surface area contributed by atoms with Crippen LogP contribution in [0.3, 0.4) is 0 Å². The Labute approximate surface area is 88.7 Å². The molecule has 1 amide bonds. The van der Waals surface area contributed by atoms with Crippen LogP contribution in [-0.4, -0.2) is 29.9 Å². The van der Waals surface area contributed by atoms with Crippen LogP contribution in [0, 0.1) is 0 Å². The van der Waals surface area contributed by atoms with Gasteiger partial charge in [-0.15, -0.1) is 0 Å². The SMILES string of the molecule is CN(C=O)CCc1c[nH]c2ccccc12. The highest BCUT2D eigenvalue weighted by Gasteiger charge is 2.03. The summed E-state index contributed by atoms with van der Waals surface area (Å²) in [5, 5.41) is 1.25. The number of fused-ring (bicyclic) bond motifs is 1. The molecule has 0 aliphatic rings. The average molecular weight is 202 g/mol. The molecule has 15 heavy (non-hydrogen) atoms. The predicted molar refractivity (Wildman–Crippen MR) is 60.7 cm³/mol. The number of aromatic amines is 1. The van der Waals surface area contributed by atoms with E-state index in [1.165, 1.54) is 10.9 Å². The van der Waals surface area contributed by atoms with E-state index in [0.717, 1.165) is 24.9 Å². The number of amides is 1. The number of nitrogens with zero attached hydrogens (tertiary/aromatic N) is 1. The summed E-state index contributed by atoms with van der Waals surface area (Å²) in [6.07, 6.45) is 3.76. The Morgan fingerprint density at radius 3 is 3.00 bits per heavy atom. The van der Waals surface area contributed by atoms with Gasteiger partial charge in [0.15, 0.2) is 0 Å². The smallest absolute Gasteiger partial charge is 0.209 e. The van der Waals surface area contributed by atoms with E-state index in [9.17, 15) is 4.79 Å². The number of H-pyrrole nitrogens is 1. The Balaban J connectivity index is 2.18. The van der Waals surface area contributed by atoms with Crippen molar-refractivity contribution in [1.29, 1.82) is 0 Å². The van der Waals surface area contributed by atoms with E-state index in [4.69, 9.17) is 0 Å². The summed E-state index contributed by atoms with van der Waals surface area (Å²) in [5.41, 5.74) is 2.42. The zero-order valence-corrected chi connectivity index (χ0v) is 8.73. The van der Waals surface area contributed by atoms with Crippen LogP contribution < -0.4 is 0 Å². The van der Waals surface area contributed by atoms with Gasteiger partial charge in [-0.05, 0) is 18.1 Å². The van der Waals surface area contributed by atoms with Gasteiger partial charge in [-0.1, -0.05) is 18.2 Å². The molecule has 1 aromatic carbocycles. The summed E-state index contributed by atoms with van der Waals surface area (Å²) in [7, 11) is 1.79. The number of carbonyl (C=O) groups is 1. The summed E-state index contributed by atoms with van der Waals surface area (Å²) in [6.45, 7) is 0.755. The lowest BCUT2D eigenvalue weighted by Crippen LogP contribution is -2.18. The van der Waals surface area contributed by atoms with E-state index in [2.05, 4.69) is 17.1 Å². The Morgan fingerprint density at radius 2 is 2.20 bits per heavy atom. The van der Waals surface area contributed by atoms with Crippen molar-refractivity contribution in [3.8, 4) is 0 Å². The van der Waals surface area contributed by atoms with Crippen LogP contribution in [0.4, 0.5) is 0 Å². The van der Waals surface area contributed by atoms with Gasteiger partial charge in [0, 0.05) is 30.7 Å². The lowest BCUT2D eigenvalue weighted by molar-refractivity contribution is -0.116. The highest BCUT2D eigenvalue weighted by atomic mass is 16.1. The molecule has 3 heteroatoms. The maximum absolute atomic E-state index is 10.4. The third kappa shape index (κ3) is 2.01. The minimum Gasteiger partial charge on any atom is -0.361 e. The molecular formula is C12H14N2O. The zero-order valence-electron chi connectivity index (χ0n) is 8.73. The molecule has 1 N–H and O–H groups in total. The second kappa shape index (κ2) is 4.17. The molecule has 0 unspecified atom stereocenters. The second-order valence-corrected chi connectivity index (χ2v) is 3.70. The van der Waals surface area contributed by atoms with Crippen molar-refractivity contribution in [2.75, 3.05) is 13.6 Å². The first-order valence-corrected chi connectivity index (χ1v) is 5.02. The summed E-state index contributed by atoms with van der Waals surface area (Å²) >= 11 is 0. The Bertz CT molecular complexity index is 461. The lowest BCUT2D eigenvalue weighted by Gasteiger charge is -2.08. The Kier molecular flexibility index (Phi) is 2.72. The number of likely N-dealkylation sites (N-methyl/N-ethyl adjacent to an activating group) is 1. The van der Waals surface area contributed by atoms with E-state index in [1.807, 2.05) is 18.3 Å². The molecule has 3 nitrogen and oxygen atoms in total. The van der Waals surface area contributed by atoms with Gasteiger partial charge >= 0.3 is 0 Å². The van der Waals surface area contributed by atoms with Crippen LogP contribution in [0.25, 0.3) is 10.9 Å². The maximum Gasteiger partial charge on any atom is 0.209 e. The van der Waals surface area contributed by atoms with Gasteiger partial charge in [0.05, 0.1) is 0 Å². The first-order chi connectivity index (χ1) is 7.31. The van der Waals surface area contributed by atoms with Gasteiger partial charge < -0.3 is 9.88 Å². The fraction of sp³-hybridized carbons (Fsp3) is 0.250. The third-order valence-corrected chi connectivity index (χ3v) is 2.59. The van der Waals surface area contributed by atoms with Crippen molar-refractivity contribution in [3.63, 3.8) is 0 Å². The minimum atomic E-state index is 0.755. The molecule has 0 fully saturated rings. The molecule has 2 rings (SSSR count). The number of carbonyl (C=O) groups excluding carboxylic acids is 1. The molecular weight excluding hydrogens is 188 g/mol. The monoisotopic (exact) mass is 202 g/mol. The highest BCUT2D eigenvalue weighted by molar-refractivity contribution is 5.83. The first kappa shape index (κ1) is 9.77. The van der Waals surface area contributed by atoms with Crippen LogP contribution in [-0.2, 0) is 11.2 Å². The molecule has 0 aliphatic carbocycles. The molecule has 0 saturated heterocycles. The van der Waals surface area contributed by atoms with Crippen LogP contribution >= 0.6 is 0 Å². The van der Waals surface area contributed by atoms with E-state index in [0.29, 0.717) is 0 Å². The standard InChI is InChI=1S/C12H14N2O/c1-14(9-15)7-6-10-8-13-12-5-3-2-4-11(10)12/h2-5,8-9,13H,6-7H2,1H3. The van der Waals surface area contributed by atoms with E-state index >= 15 is 0 Å². The molecule has 0 atom stereocenters. The quantitative estimate of drug-likeness (QED) is 0.754. The normalized spacial score (nSPS) is 10.5. The fourth-order valence-corrected chi connectivity index (χ4v) is 1.69. The Morgan fingerprint density at radius 1 is 1.40 bits per heavy atom. The van der Waals surface area contributed by atoms with Gasteiger partial charge in [0.1, 0.15) is 0 Å². The summed E-state index contributed by atoms with van der Waals surface area (Å²) < 4.78 is 0. The van der Waals surface area contributed by atoms with Crippen molar-refractivity contribution >= 4 is 17.3 Å². The largest absolute Gasteiger partial charge is 0.361 e. The van der Waals surface area contributed by atoms with Crippen LogP contribution in [0.2, 0.25) is 0 Å². The molecule has 1 aromatic heterocycles. The molecule has 1 heterocycles. The van der Waals surface area contributed by atoms with E-state index in [-0.39, 0.29) is 0 Å². The van der Waals surface area contributed by atoms with E-state index in [1.54, 1.807) is 11.9 Å². The van der Waals surface area contributed by atoms with Crippen molar-refractivity contribution in [2.45, 2.75) is 6.42 Å². The molecule has 0 saturated carbocycles. The van der Waals surface area contributed by atoms with Crippen LogP contribution in [0.5, 0.6) is 0 Å². The zero-order chi connectivity index (χ0) is 10.7. The fourth-order valence-electron chi connectivity index (χ4n) is 1.69. The van der Waals surface area contributed by atoms with E-state index < -0.39 is 0 Å². The van der Waals surface area contributed by atoms with Gasteiger partial charge in [0.2, 0.25) is 6.41 Å². The number of hydrogen-bond donors (Lipinski definition) is 1. The molecule has 0 aliphatic heterocycles. The predicted octanol–water partition coefficient (Wildman–Crippen LogP) is 1.80. The molecule has 0 bridgehead atoms. The Hall–Kier alpha value is -1.77. The number of benzene rings is 1. The third-order valence-electron chi connectivity index (χ3n) is 2.59. The van der Waals surface area contributed by atoms with Gasteiger partial charge in [0.25, 0.3) is 0 Å². The molecule has 0 radical (unpaired) electrons. The maximum atomic E-state index is 10.4. The number of rotatable bonds is 4.